The lowest BCUT2D eigenvalue weighted by Gasteiger charge is -2.22. The molecule has 8 nitrogen and oxygen atoms in total. The minimum absolute atomic E-state index is 0.143. The number of anilines is 2. The zero-order chi connectivity index (χ0) is 31.5. The molecule has 5 rings (SSSR count). The summed E-state index contributed by atoms with van der Waals surface area (Å²) in [5.41, 5.74) is 4.54. The average Bonchev–Trinajstić information content (AvgIpc) is 3.26. The van der Waals surface area contributed by atoms with Gasteiger partial charge in [0.2, 0.25) is 17.1 Å². The number of hydrogen-bond donors (Lipinski definition) is 1. The zero-order valence-corrected chi connectivity index (χ0v) is 26.0. The minimum Gasteiger partial charge on any atom is -0.493 e. The Morgan fingerprint density at radius 3 is 2.18 bits per heavy atom. The molecule has 1 N–H and O–H groups in total. The fourth-order valence-corrected chi connectivity index (χ4v) is 5.79. The van der Waals surface area contributed by atoms with E-state index in [-0.39, 0.29) is 11.6 Å². The summed E-state index contributed by atoms with van der Waals surface area (Å²) in [6.45, 7) is 3.39. The summed E-state index contributed by atoms with van der Waals surface area (Å²) in [4.78, 5) is 42.0. The first-order chi connectivity index (χ1) is 21.2. The topological polar surface area (TPSA) is 94.2 Å². The average molecular weight is 613 g/mol. The molecule has 0 bridgehead atoms. The van der Waals surface area contributed by atoms with Crippen molar-refractivity contribution < 1.29 is 23.8 Å². The molecule has 0 heterocycles. The van der Waals surface area contributed by atoms with Crippen molar-refractivity contribution in [1.82, 2.24) is 5.32 Å². The molecular weight excluding hydrogens is 580 g/mol. The first kappa shape index (κ1) is 30.6. The van der Waals surface area contributed by atoms with E-state index < -0.39 is 17.4 Å². The number of fused-ring (bicyclic) bond motifs is 3. The number of hydrogen-bond acceptors (Lipinski definition) is 6. The highest BCUT2D eigenvalue weighted by Crippen LogP contribution is 2.50. The Balaban J connectivity index is 1.81. The number of amides is 2. The molecule has 1 atom stereocenters. The second-order valence-electron chi connectivity index (χ2n) is 10.6. The summed E-state index contributed by atoms with van der Waals surface area (Å²) >= 11 is 6.10. The lowest BCUT2D eigenvalue weighted by atomic mass is 9.95. The van der Waals surface area contributed by atoms with E-state index in [1.165, 1.54) is 25.0 Å². The van der Waals surface area contributed by atoms with Crippen LogP contribution in [0.25, 0.3) is 11.1 Å². The van der Waals surface area contributed by atoms with Gasteiger partial charge in [-0.1, -0.05) is 35.4 Å². The first-order valence-electron chi connectivity index (χ1n) is 14.1. The van der Waals surface area contributed by atoms with Crippen LogP contribution in [0, 0.1) is 6.92 Å². The van der Waals surface area contributed by atoms with E-state index in [1.807, 2.05) is 25.1 Å². The van der Waals surface area contributed by atoms with Crippen molar-refractivity contribution in [2.24, 2.45) is 0 Å². The number of nitrogens with one attached hydrogen (secondary N) is 1. The fraction of sp³-hybridized carbons (Fsp3) is 0.229. The summed E-state index contributed by atoms with van der Waals surface area (Å²) in [6, 6.07) is 20.3. The van der Waals surface area contributed by atoms with Crippen LogP contribution in [0.1, 0.15) is 46.4 Å². The van der Waals surface area contributed by atoms with E-state index in [9.17, 15) is 14.4 Å². The molecule has 0 unspecified atom stereocenters. The van der Waals surface area contributed by atoms with E-state index in [1.54, 1.807) is 62.8 Å². The van der Waals surface area contributed by atoms with Crippen LogP contribution in [-0.4, -0.2) is 33.1 Å². The quantitative estimate of drug-likeness (QED) is 0.247. The Morgan fingerprint density at radius 2 is 1.57 bits per heavy atom. The largest absolute Gasteiger partial charge is 0.493 e. The van der Waals surface area contributed by atoms with Crippen LogP contribution in [0.15, 0.2) is 77.6 Å². The van der Waals surface area contributed by atoms with Crippen molar-refractivity contribution in [2.45, 2.75) is 32.7 Å². The maximum Gasteiger partial charge on any atom is 0.262 e. The number of halogens is 1. The van der Waals surface area contributed by atoms with Gasteiger partial charge in [-0.3, -0.25) is 19.3 Å². The summed E-state index contributed by atoms with van der Waals surface area (Å²) in [5, 5.41) is 3.51. The summed E-state index contributed by atoms with van der Waals surface area (Å²) < 4.78 is 17.2. The van der Waals surface area contributed by atoms with Gasteiger partial charge in [-0.25, -0.2) is 0 Å². The maximum atomic E-state index is 14.2. The molecule has 0 saturated heterocycles. The van der Waals surface area contributed by atoms with Crippen molar-refractivity contribution in [3.63, 3.8) is 0 Å². The SMILES string of the molecule is COc1cc2c(c(OC)c1OC)-c1ccc(N(C(=O)c3ccc(Cl)cc3)c3ccc(C)cc3)c(=O)cc1[C@@H](NC(C)=O)CC2. The Morgan fingerprint density at radius 1 is 0.886 bits per heavy atom. The number of benzene rings is 3. The minimum atomic E-state index is -0.482. The van der Waals surface area contributed by atoms with Crippen LogP contribution in [0.4, 0.5) is 11.4 Å². The summed E-state index contributed by atoms with van der Waals surface area (Å²) in [6.07, 6.45) is 1.09. The number of carbonyl (C=O) groups is 2. The molecule has 2 amide bonds. The van der Waals surface area contributed by atoms with Gasteiger partial charge in [0, 0.05) is 28.8 Å². The second-order valence-corrected chi connectivity index (χ2v) is 11.0. The predicted octanol–water partition coefficient (Wildman–Crippen LogP) is 6.80. The summed E-state index contributed by atoms with van der Waals surface area (Å²) in [7, 11) is 4.64. The Hall–Kier alpha value is -4.82. The van der Waals surface area contributed by atoms with Crippen LogP contribution in [0.5, 0.6) is 17.2 Å². The number of nitrogens with zero attached hydrogens (tertiary/aromatic N) is 1. The number of rotatable bonds is 7. The van der Waals surface area contributed by atoms with Crippen molar-refractivity contribution in [3.05, 3.63) is 110 Å². The van der Waals surface area contributed by atoms with Crippen LogP contribution in [0.3, 0.4) is 0 Å². The van der Waals surface area contributed by atoms with Crippen molar-refractivity contribution >= 4 is 34.8 Å². The van der Waals surface area contributed by atoms with Crippen LogP contribution in [0.2, 0.25) is 5.02 Å². The van der Waals surface area contributed by atoms with Gasteiger partial charge < -0.3 is 19.5 Å². The molecule has 0 fully saturated rings. The fourth-order valence-electron chi connectivity index (χ4n) is 5.67. The Labute approximate surface area is 261 Å². The van der Waals surface area contributed by atoms with Gasteiger partial charge in [0.1, 0.15) is 0 Å². The maximum absolute atomic E-state index is 14.2. The van der Waals surface area contributed by atoms with E-state index in [0.717, 1.165) is 16.7 Å². The molecular formula is C35H33ClN2O6. The standard InChI is InChI=1S/C35H33ClN2O6/c1-20-6-13-25(14-7-20)38(35(41)22-8-11-24(36)12-9-22)29-17-15-26-27(19-30(29)40)28(37-21(2)39)16-10-23-18-31(42-3)33(43-4)34(44-5)32(23)26/h6-9,11-15,17-19,28H,10,16H2,1-5H3,(H,37,39)/t28-/m0/s1. The highest BCUT2D eigenvalue weighted by Gasteiger charge is 2.30. The Bertz CT molecular complexity index is 1790. The third kappa shape index (κ3) is 5.85. The summed E-state index contributed by atoms with van der Waals surface area (Å²) in [5.74, 6) is 0.733. The number of carbonyl (C=O) groups excluding carboxylic acids is 2. The lowest BCUT2D eigenvalue weighted by Crippen LogP contribution is -2.30. The van der Waals surface area contributed by atoms with E-state index in [2.05, 4.69) is 5.32 Å². The van der Waals surface area contributed by atoms with Gasteiger partial charge >= 0.3 is 0 Å². The number of aryl methyl sites for hydroxylation is 2. The van der Waals surface area contributed by atoms with Gasteiger partial charge in [-0.05, 0) is 91.1 Å². The highest BCUT2D eigenvalue weighted by atomic mass is 35.5. The van der Waals surface area contributed by atoms with Gasteiger partial charge in [0.15, 0.2) is 11.5 Å². The van der Waals surface area contributed by atoms with Crippen LogP contribution < -0.4 is 29.9 Å². The van der Waals surface area contributed by atoms with Gasteiger partial charge in [-0.2, -0.15) is 0 Å². The molecule has 0 aliphatic heterocycles. The van der Waals surface area contributed by atoms with Crippen LogP contribution >= 0.6 is 11.6 Å². The molecule has 4 aromatic rings. The zero-order valence-electron chi connectivity index (χ0n) is 25.2. The monoisotopic (exact) mass is 612 g/mol. The van der Waals surface area contributed by atoms with Crippen molar-refractivity contribution in [2.75, 3.05) is 26.2 Å². The van der Waals surface area contributed by atoms with E-state index >= 15 is 0 Å². The Kier molecular flexibility index (Phi) is 8.92. The molecule has 0 aromatic heterocycles. The van der Waals surface area contributed by atoms with Gasteiger partial charge in [0.05, 0.1) is 33.1 Å². The van der Waals surface area contributed by atoms with Gasteiger partial charge in [-0.15, -0.1) is 0 Å². The van der Waals surface area contributed by atoms with E-state index in [0.29, 0.717) is 57.5 Å². The molecule has 226 valence electrons. The normalized spacial score (nSPS) is 13.5. The molecule has 4 aromatic carbocycles. The molecule has 0 saturated carbocycles. The molecule has 0 spiro atoms. The lowest BCUT2D eigenvalue weighted by molar-refractivity contribution is -0.119. The third-order valence-electron chi connectivity index (χ3n) is 7.72. The smallest absolute Gasteiger partial charge is 0.262 e. The number of methoxy groups -OCH3 is 3. The highest BCUT2D eigenvalue weighted by molar-refractivity contribution is 6.30. The molecule has 9 heteroatoms. The van der Waals surface area contributed by atoms with E-state index in [4.69, 9.17) is 25.8 Å². The third-order valence-corrected chi connectivity index (χ3v) is 7.97. The second kappa shape index (κ2) is 12.8. The van der Waals surface area contributed by atoms with Gasteiger partial charge in [0.25, 0.3) is 5.91 Å². The van der Waals surface area contributed by atoms with Crippen molar-refractivity contribution in [3.8, 4) is 28.4 Å². The molecule has 0 radical (unpaired) electrons. The predicted molar refractivity (Wildman–Crippen MR) is 172 cm³/mol. The molecule has 1 aliphatic carbocycles. The molecule has 1 aliphatic rings. The number of ether oxygens (including phenoxy) is 3. The molecule has 44 heavy (non-hydrogen) atoms. The van der Waals surface area contributed by atoms with Crippen LogP contribution in [-0.2, 0) is 11.2 Å². The van der Waals surface area contributed by atoms with Crippen molar-refractivity contribution in [1.29, 1.82) is 0 Å². The first-order valence-corrected chi connectivity index (χ1v) is 14.5.